The van der Waals surface area contributed by atoms with Gasteiger partial charge in [0.05, 0.1) is 22.5 Å². The van der Waals surface area contributed by atoms with E-state index >= 15 is 4.39 Å². The highest BCUT2D eigenvalue weighted by molar-refractivity contribution is 7.92. The topological polar surface area (TPSA) is 155 Å². The van der Waals surface area contributed by atoms with E-state index in [2.05, 4.69) is 20.6 Å². The van der Waals surface area contributed by atoms with E-state index in [0.717, 1.165) is 24.2 Å². The van der Waals surface area contributed by atoms with Gasteiger partial charge in [-0.1, -0.05) is 6.07 Å². The summed E-state index contributed by atoms with van der Waals surface area (Å²) in [5, 5.41) is 3.89. The molecule has 202 valence electrons. The van der Waals surface area contributed by atoms with Gasteiger partial charge in [-0.05, 0) is 54.1 Å². The summed E-state index contributed by atoms with van der Waals surface area (Å²) in [6, 6.07) is 10.7. The maximum absolute atomic E-state index is 15.2. The lowest BCUT2D eigenvalue weighted by molar-refractivity contribution is -0.126. The molecule has 1 atom stereocenters. The monoisotopic (exact) mass is 570 g/mol. The average molecular weight is 571 g/mol. The van der Waals surface area contributed by atoms with Gasteiger partial charge in [0, 0.05) is 29.6 Å². The van der Waals surface area contributed by atoms with Crippen molar-refractivity contribution in [3.63, 3.8) is 0 Å². The second-order valence-electron chi connectivity index (χ2n) is 9.24. The third-order valence-corrected chi connectivity index (χ3v) is 9.43. The maximum atomic E-state index is 15.2. The number of thiazole rings is 1. The summed E-state index contributed by atoms with van der Waals surface area (Å²) in [4.78, 5) is 54.6. The van der Waals surface area contributed by atoms with Crippen molar-refractivity contribution in [1.82, 2.24) is 20.6 Å². The predicted molar refractivity (Wildman–Crippen MR) is 145 cm³/mol. The van der Waals surface area contributed by atoms with E-state index in [4.69, 9.17) is 0 Å². The number of rotatable bonds is 10. The molecule has 0 saturated heterocycles. The Bertz CT molecular complexity index is 1780. The highest BCUT2D eigenvalue weighted by Crippen LogP contribution is 2.36. The molecule has 13 heteroatoms. The molecule has 2 amide bonds. The summed E-state index contributed by atoms with van der Waals surface area (Å²) in [6.07, 6.45) is 1.83. The smallest absolute Gasteiger partial charge is 0.248 e. The molecule has 10 nitrogen and oxygen atoms in total. The van der Waals surface area contributed by atoms with Gasteiger partial charge in [-0.15, -0.1) is 11.3 Å². The van der Waals surface area contributed by atoms with Gasteiger partial charge >= 0.3 is 0 Å². The van der Waals surface area contributed by atoms with Crippen LogP contribution in [0.2, 0.25) is 0 Å². The van der Waals surface area contributed by atoms with Crippen molar-refractivity contribution in [2.75, 3.05) is 12.3 Å². The minimum absolute atomic E-state index is 0.0692. The number of sulfone groups is 1. The van der Waals surface area contributed by atoms with Gasteiger partial charge in [0.25, 0.3) is 0 Å². The zero-order chi connectivity index (χ0) is 27.7. The fraction of sp³-hybridized carbons (Fsp3) is 0.269. The van der Waals surface area contributed by atoms with Gasteiger partial charge in [0.2, 0.25) is 17.4 Å². The van der Waals surface area contributed by atoms with Gasteiger partial charge in [-0.2, -0.15) is 0 Å². The fourth-order valence-electron chi connectivity index (χ4n) is 4.15. The molecule has 4 aromatic rings. The summed E-state index contributed by atoms with van der Waals surface area (Å²) in [5.41, 5.74) is 1.32. The summed E-state index contributed by atoms with van der Waals surface area (Å²) in [7, 11) is -4.19. The molecule has 2 heterocycles. The molecule has 2 aromatic heterocycles. The molecule has 0 aliphatic heterocycles. The van der Waals surface area contributed by atoms with E-state index in [1.807, 2.05) is 0 Å². The Kier molecular flexibility index (Phi) is 7.28. The number of aldehydes is 1. The summed E-state index contributed by atoms with van der Waals surface area (Å²) >= 11 is 0.851. The number of carbonyl (C=O) groups excluding carboxylic acids is 3. The molecule has 1 saturated carbocycles. The zero-order valence-corrected chi connectivity index (χ0v) is 22.0. The van der Waals surface area contributed by atoms with Crippen LogP contribution in [0.1, 0.15) is 29.5 Å². The van der Waals surface area contributed by atoms with Crippen LogP contribution in [0, 0.1) is 5.82 Å². The number of aromatic amines is 1. The van der Waals surface area contributed by atoms with Gasteiger partial charge in [0.1, 0.15) is 17.1 Å². The van der Waals surface area contributed by atoms with Crippen molar-refractivity contribution in [3.8, 4) is 11.1 Å². The van der Waals surface area contributed by atoms with Gasteiger partial charge in [0.15, 0.2) is 15.1 Å². The first-order valence-corrected chi connectivity index (χ1v) is 14.6. The summed E-state index contributed by atoms with van der Waals surface area (Å²) < 4.78 is 41.7. The van der Waals surface area contributed by atoms with Crippen molar-refractivity contribution in [1.29, 1.82) is 0 Å². The molecule has 2 aromatic carbocycles. The molecule has 0 spiro atoms. The second kappa shape index (κ2) is 10.7. The molecular weight excluding hydrogens is 547 g/mol. The lowest BCUT2D eigenvalue weighted by atomic mass is 10.0. The number of halogens is 1. The van der Waals surface area contributed by atoms with Crippen molar-refractivity contribution in [2.24, 2.45) is 0 Å². The quantitative estimate of drug-likeness (QED) is 0.247. The Morgan fingerprint density at radius 1 is 1.18 bits per heavy atom. The van der Waals surface area contributed by atoms with E-state index in [1.165, 1.54) is 18.2 Å². The minimum atomic E-state index is -4.19. The zero-order valence-electron chi connectivity index (χ0n) is 20.4. The largest absolute Gasteiger partial charge is 0.352 e. The van der Waals surface area contributed by atoms with Crippen molar-refractivity contribution < 1.29 is 27.2 Å². The highest BCUT2D eigenvalue weighted by Gasteiger charge is 2.37. The number of amides is 2. The molecule has 1 fully saturated rings. The highest BCUT2D eigenvalue weighted by atomic mass is 32.2. The van der Waals surface area contributed by atoms with E-state index in [-0.39, 0.29) is 34.1 Å². The number of pyridine rings is 1. The number of fused-ring (bicyclic) bond motifs is 2. The first-order chi connectivity index (χ1) is 18.6. The van der Waals surface area contributed by atoms with Crippen LogP contribution in [0.5, 0.6) is 0 Å². The molecule has 0 bridgehead atoms. The van der Waals surface area contributed by atoms with Gasteiger partial charge < -0.3 is 20.4 Å². The van der Waals surface area contributed by atoms with Gasteiger partial charge in [-0.3, -0.25) is 14.4 Å². The van der Waals surface area contributed by atoms with Crippen molar-refractivity contribution in [2.45, 2.75) is 30.6 Å². The van der Waals surface area contributed by atoms with Crippen LogP contribution in [-0.4, -0.2) is 54.8 Å². The second-order valence-corrected chi connectivity index (χ2v) is 12.5. The Labute approximate surface area is 225 Å². The number of aromatic nitrogens is 2. The standard InChI is InChI=1S/C26H23FN4O6S2/c27-18-12-21-20(11-17(18)14-2-6-19-15(10-14)3-7-22(33)30-19)31-26(38-21)24(39(36,37)9-1-8-32)25(35)28-13-23(34)29-16-4-5-16/h2-3,6-8,10-12,16,24H,1,4-5,9,13H2,(H,28,35)(H,29,34)(H,30,33). The van der Waals surface area contributed by atoms with E-state index < -0.39 is 45.0 Å². The number of nitrogens with zero attached hydrogens (tertiary/aromatic N) is 1. The third kappa shape index (κ3) is 5.88. The van der Waals surface area contributed by atoms with Crippen LogP contribution in [0.25, 0.3) is 32.2 Å². The van der Waals surface area contributed by atoms with E-state index in [1.54, 1.807) is 24.3 Å². The van der Waals surface area contributed by atoms with Crippen LogP contribution in [0.15, 0.2) is 47.3 Å². The summed E-state index contributed by atoms with van der Waals surface area (Å²) in [6.45, 7) is -0.411. The third-order valence-electron chi connectivity index (χ3n) is 6.24. The molecule has 1 aliphatic rings. The molecular formula is C26H23FN4O6S2. The number of carbonyl (C=O) groups is 3. The molecule has 1 aliphatic carbocycles. The molecule has 1 unspecified atom stereocenters. The summed E-state index contributed by atoms with van der Waals surface area (Å²) in [5.74, 6) is -2.55. The molecule has 0 radical (unpaired) electrons. The fourth-order valence-corrected chi connectivity index (χ4v) is 7.12. The van der Waals surface area contributed by atoms with E-state index in [9.17, 15) is 27.6 Å². The van der Waals surface area contributed by atoms with Crippen LogP contribution < -0.4 is 16.2 Å². The van der Waals surface area contributed by atoms with Gasteiger partial charge in [-0.25, -0.2) is 17.8 Å². The Hall–Kier alpha value is -3.97. The Balaban J connectivity index is 1.49. The first kappa shape index (κ1) is 26.6. The number of hydrogen-bond acceptors (Lipinski definition) is 8. The Morgan fingerprint density at radius 3 is 2.72 bits per heavy atom. The average Bonchev–Trinajstić information content (AvgIpc) is 3.62. The Morgan fingerprint density at radius 2 is 1.97 bits per heavy atom. The van der Waals surface area contributed by atoms with Crippen molar-refractivity contribution >= 4 is 60.4 Å². The SMILES string of the molecule is O=CCCS(=O)(=O)C(C(=O)NCC(=O)NC1CC1)c1nc2cc(-c3ccc4[nH]c(=O)ccc4c3)c(F)cc2s1. The molecule has 3 N–H and O–H groups in total. The number of benzene rings is 2. The minimum Gasteiger partial charge on any atom is -0.352 e. The van der Waals surface area contributed by atoms with Crippen LogP contribution >= 0.6 is 11.3 Å². The number of nitrogens with one attached hydrogen (secondary N) is 3. The normalized spacial score (nSPS) is 14.3. The number of H-pyrrole nitrogens is 1. The first-order valence-electron chi connectivity index (χ1n) is 12.1. The lowest BCUT2D eigenvalue weighted by Crippen LogP contribution is -2.41. The number of hydrogen-bond donors (Lipinski definition) is 3. The van der Waals surface area contributed by atoms with Crippen molar-refractivity contribution in [3.05, 3.63) is 63.6 Å². The van der Waals surface area contributed by atoms with Crippen LogP contribution in [0.4, 0.5) is 4.39 Å². The molecule has 39 heavy (non-hydrogen) atoms. The van der Waals surface area contributed by atoms with E-state index in [0.29, 0.717) is 27.5 Å². The lowest BCUT2D eigenvalue weighted by Gasteiger charge is -2.15. The van der Waals surface area contributed by atoms with Crippen LogP contribution in [0.3, 0.4) is 0 Å². The maximum Gasteiger partial charge on any atom is 0.248 e. The van der Waals surface area contributed by atoms with Crippen LogP contribution in [-0.2, 0) is 24.2 Å². The molecule has 5 rings (SSSR count). The predicted octanol–water partition coefficient (Wildman–Crippen LogP) is 2.38.